The molecule has 0 bridgehead atoms. The first kappa shape index (κ1) is 11.8. The van der Waals surface area contributed by atoms with E-state index in [1.54, 1.807) is 0 Å². The van der Waals surface area contributed by atoms with E-state index >= 15 is 0 Å². The topological polar surface area (TPSA) is 43.4 Å². The summed E-state index contributed by atoms with van der Waals surface area (Å²) in [4.78, 5) is -0.0583. The van der Waals surface area contributed by atoms with Crippen molar-refractivity contribution >= 4 is 9.84 Å². The minimum absolute atomic E-state index is 0.0583. The van der Waals surface area contributed by atoms with Gasteiger partial charge in [0.15, 0.2) is 9.84 Å². The lowest BCUT2D eigenvalue weighted by atomic mass is 10.3. The fourth-order valence-corrected chi connectivity index (χ4v) is 1.52. The highest BCUT2D eigenvalue weighted by Crippen LogP contribution is 2.23. The van der Waals surface area contributed by atoms with Gasteiger partial charge in [0, 0.05) is 6.26 Å². The van der Waals surface area contributed by atoms with Gasteiger partial charge in [-0.2, -0.15) is 0 Å². The van der Waals surface area contributed by atoms with Crippen molar-refractivity contribution in [3.05, 3.63) is 24.3 Å². The summed E-state index contributed by atoms with van der Waals surface area (Å²) in [7, 11) is -3.40. The van der Waals surface area contributed by atoms with Gasteiger partial charge in [0.05, 0.1) is 4.90 Å². The third kappa shape index (κ3) is 3.78. The molecule has 3 nitrogen and oxygen atoms in total. The van der Waals surface area contributed by atoms with Crippen molar-refractivity contribution in [1.82, 2.24) is 0 Å². The van der Waals surface area contributed by atoms with Gasteiger partial charge >= 0.3 is 6.36 Å². The van der Waals surface area contributed by atoms with Crippen molar-refractivity contribution < 1.29 is 26.3 Å². The Hall–Kier alpha value is -1.24. The minimum atomic E-state index is -4.77. The summed E-state index contributed by atoms with van der Waals surface area (Å²) in [6.45, 7) is 0. The Morgan fingerprint density at radius 1 is 1.13 bits per heavy atom. The highest BCUT2D eigenvalue weighted by atomic mass is 32.2. The molecule has 0 heterocycles. The van der Waals surface area contributed by atoms with Crippen LogP contribution < -0.4 is 4.74 Å². The van der Waals surface area contributed by atoms with Crippen molar-refractivity contribution in [2.24, 2.45) is 0 Å². The van der Waals surface area contributed by atoms with Crippen LogP contribution in [-0.4, -0.2) is 21.0 Å². The molecule has 15 heavy (non-hydrogen) atoms. The number of ether oxygens (including phenoxy) is 1. The first-order valence-corrected chi connectivity index (χ1v) is 5.63. The summed E-state index contributed by atoms with van der Waals surface area (Å²) in [5.74, 6) is -0.449. The predicted octanol–water partition coefficient (Wildman–Crippen LogP) is 1.99. The van der Waals surface area contributed by atoms with Crippen LogP contribution in [0.4, 0.5) is 13.2 Å². The molecule has 0 fully saturated rings. The Morgan fingerprint density at radius 3 is 1.93 bits per heavy atom. The van der Waals surface area contributed by atoms with Crippen LogP contribution in [0.3, 0.4) is 0 Å². The number of sulfone groups is 1. The van der Waals surface area contributed by atoms with Crippen LogP contribution in [0, 0.1) is 0 Å². The maximum atomic E-state index is 11.7. The quantitative estimate of drug-likeness (QED) is 0.794. The Balaban J connectivity index is 2.92. The van der Waals surface area contributed by atoms with E-state index < -0.39 is 21.9 Å². The number of hydrogen-bond donors (Lipinski definition) is 0. The summed E-state index contributed by atoms with van der Waals surface area (Å²) in [6, 6.07) is 4.00. The molecule has 1 aromatic carbocycles. The van der Waals surface area contributed by atoms with Crippen LogP contribution in [0.2, 0.25) is 0 Å². The fraction of sp³-hybridized carbons (Fsp3) is 0.250. The Kier molecular flexibility index (Phi) is 2.94. The van der Waals surface area contributed by atoms with E-state index in [-0.39, 0.29) is 4.90 Å². The highest BCUT2D eigenvalue weighted by molar-refractivity contribution is 7.90. The summed E-state index contributed by atoms with van der Waals surface area (Å²) in [5, 5.41) is 0. The van der Waals surface area contributed by atoms with E-state index in [9.17, 15) is 21.6 Å². The van der Waals surface area contributed by atoms with Gasteiger partial charge in [-0.1, -0.05) is 0 Å². The largest absolute Gasteiger partial charge is 0.573 e. The van der Waals surface area contributed by atoms with E-state index in [0.717, 1.165) is 30.5 Å². The molecule has 0 unspecified atom stereocenters. The van der Waals surface area contributed by atoms with Crippen LogP contribution in [0.1, 0.15) is 0 Å². The molecular weight excluding hydrogens is 233 g/mol. The van der Waals surface area contributed by atoms with Crippen molar-refractivity contribution in [2.75, 3.05) is 6.26 Å². The molecule has 0 radical (unpaired) electrons. The number of benzene rings is 1. The molecule has 0 spiro atoms. The predicted molar refractivity (Wildman–Crippen MR) is 46.2 cm³/mol. The Bertz CT molecular complexity index is 433. The van der Waals surface area contributed by atoms with E-state index in [1.807, 2.05) is 0 Å². The maximum absolute atomic E-state index is 11.7. The molecule has 7 heteroatoms. The highest BCUT2D eigenvalue weighted by Gasteiger charge is 2.31. The average Bonchev–Trinajstić information content (AvgIpc) is 2.00. The Labute approximate surface area is 84.4 Å². The van der Waals surface area contributed by atoms with Crippen LogP contribution in [-0.2, 0) is 9.84 Å². The van der Waals surface area contributed by atoms with Crippen LogP contribution in [0.15, 0.2) is 29.2 Å². The van der Waals surface area contributed by atoms with Gasteiger partial charge in [0.1, 0.15) is 5.75 Å². The molecule has 0 N–H and O–H groups in total. The third-order valence-corrected chi connectivity index (χ3v) is 2.61. The average molecular weight is 240 g/mol. The molecule has 0 saturated carbocycles. The van der Waals surface area contributed by atoms with Crippen molar-refractivity contribution in [2.45, 2.75) is 11.3 Å². The van der Waals surface area contributed by atoms with Crippen molar-refractivity contribution in [3.63, 3.8) is 0 Å². The molecule has 0 aromatic heterocycles. The van der Waals surface area contributed by atoms with Gasteiger partial charge in [0.2, 0.25) is 0 Å². The minimum Gasteiger partial charge on any atom is -0.406 e. The molecule has 0 aliphatic carbocycles. The van der Waals surface area contributed by atoms with Gasteiger partial charge in [0.25, 0.3) is 0 Å². The zero-order chi connectivity index (χ0) is 11.7. The Morgan fingerprint density at radius 2 is 1.60 bits per heavy atom. The second kappa shape index (κ2) is 3.73. The lowest BCUT2D eigenvalue weighted by Gasteiger charge is -2.08. The van der Waals surface area contributed by atoms with Gasteiger partial charge in [-0.25, -0.2) is 8.42 Å². The molecule has 0 atom stereocenters. The second-order valence-electron chi connectivity index (χ2n) is 2.79. The third-order valence-electron chi connectivity index (χ3n) is 1.49. The van der Waals surface area contributed by atoms with Crippen LogP contribution in [0.5, 0.6) is 5.75 Å². The molecule has 0 aliphatic rings. The maximum Gasteiger partial charge on any atom is 0.573 e. The van der Waals surface area contributed by atoms with Gasteiger partial charge in [-0.15, -0.1) is 13.2 Å². The first-order valence-electron chi connectivity index (χ1n) is 3.74. The lowest BCUT2D eigenvalue weighted by Crippen LogP contribution is -2.17. The second-order valence-corrected chi connectivity index (χ2v) is 4.81. The zero-order valence-corrected chi connectivity index (χ0v) is 8.39. The van der Waals surface area contributed by atoms with Gasteiger partial charge in [-0.05, 0) is 24.3 Å². The number of halogens is 3. The normalized spacial score (nSPS) is 12.5. The number of hydrogen-bond acceptors (Lipinski definition) is 3. The van der Waals surface area contributed by atoms with E-state index in [0.29, 0.717) is 0 Å². The molecule has 0 amide bonds. The summed E-state index contributed by atoms with van der Waals surface area (Å²) in [5.41, 5.74) is 0. The zero-order valence-electron chi connectivity index (χ0n) is 7.58. The first-order chi connectivity index (χ1) is 6.68. The summed E-state index contributed by atoms with van der Waals surface area (Å²) in [6.07, 6.45) is -3.81. The van der Waals surface area contributed by atoms with Crippen molar-refractivity contribution in [3.8, 4) is 5.75 Å². The van der Waals surface area contributed by atoms with Crippen LogP contribution in [0.25, 0.3) is 0 Å². The van der Waals surface area contributed by atoms with E-state index in [2.05, 4.69) is 4.74 Å². The SMILES string of the molecule is CS(=O)(=O)c1ccc(OC(F)(F)F)cc1. The summed E-state index contributed by atoms with van der Waals surface area (Å²) < 4.78 is 60.7. The lowest BCUT2D eigenvalue weighted by molar-refractivity contribution is -0.274. The fourth-order valence-electron chi connectivity index (χ4n) is 0.889. The molecule has 0 aliphatic heterocycles. The smallest absolute Gasteiger partial charge is 0.406 e. The molecule has 84 valence electrons. The van der Waals surface area contributed by atoms with Gasteiger partial charge < -0.3 is 4.74 Å². The molecule has 1 aromatic rings. The van der Waals surface area contributed by atoms with Crippen molar-refractivity contribution in [1.29, 1.82) is 0 Å². The molecular formula is C8H7F3O3S. The van der Waals surface area contributed by atoms with E-state index in [4.69, 9.17) is 0 Å². The number of rotatable bonds is 2. The number of alkyl halides is 3. The summed E-state index contributed by atoms with van der Waals surface area (Å²) >= 11 is 0. The van der Waals surface area contributed by atoms with Gasteiger partial charge in [-0.3, -0.25) is 0 Å². The molecule has 1 rings (SSSR count). The molecule has 0 saturated heterocycles. The van der Waals surface area contributed by atoms with E-state index in [1.165, 1.54) is 0 Å². The standard InChI is InChI=1S/C8H7F3O3S/c1-15(12,13)7-4-2-6(3-5-7)14-8(9,10)11/h2-5H,1H3. The van der Waals surface area contributed by atoms with Crippen LogP contribution >= 0.6 is 0 Å². The monoisotopic (exact) mass is 240 g/mol.